The second-order valence-corrected chi connectivity index (χ2v) is 3.51. The normalized spacial score (nSPS) is 48.8. The molecule has 0 amide bonds. The largest absolute Gasteiger partial charge is 0.247 e. The van der Waals surface area contributed by atoms with Crippen molar-refractivity contribution in [2.45, 2.75) is 32.4 Å². The van der Waals surface area contributed by atoms with E-state index >= 15 is 0 Å². The summed E-state index contributed by atoms with van der Waals surface area (Å²) in [5.41, 5.74) is 0.458. The highest BCUT2D eigenvalue weighted by molar-refractivity contribution is 5.06. The van der Waals surface area contributed by atoms with Gasteiger partial charge >= 0.3 is 0 Å². The fourth-order valence-electron chi connectivity index (χ4n) is 1.45. The van der Waals surface area contributed by atoms with Crippen LogP contribution >= 0.6 is 0 Å². The van der Waals surface area contributed by atoms with E-state index < -0.39 is 6.17 Å². The zero-order valence-electron chi connectivity index (χ0n) is 5.15. The number of rotatable bonds is 1. The molecule has 2 aliphatic rings. The van der Waals surface area contributed by atoms with Crippen LogP contribution in [0.5, 0.6) is 0 Å². The molecule has 0 saturated heterocycles. The summed E-state index contributed by atoms with van der Waals surface area (Å²) in [5.74, 6) is 0.461. The summed E-state index contributed by atoms with van der Waals surface area (Å²) in [6.45, 7) is 2.21. The molecule has 0 aliphatic heterocycles. The highest BCUT2D eigenvalue weighted by atomic mass is 19.1. The maximum atomic E-state index is 12.3. The van der Waals surface area contributed by atoms with Crippen molar-refractivity contribution >= 4 is 0 Å². The predicted octanol–water partition coefficient (Wildman–Crippen LogP) is 2.14. The van der Waals surface area contributed by atoms with Gasteiger partial charge in [-0.3, -0.25) is 0 Å². The van der Waals surface area contributed by atoms with E-state index in [1.165, 1.54) is 12.8 Å². The minimum Gasteiger partial charge on any atom is -0.247 e. The molecule has 0 bridgehead atoms. The van der Waals surface area contributed by atoms with E-state index in [2.05, 4.69) is 6.92 Å². The lowest BCUT2D eigenvalue weighted by atomic mass is 10.0. The van der Waals surface area contributed by atoms with Crippen LogP contribution in [0.15, 0.2) is 0 Å². The van der Waals surface area contributed by atoms with Crippen molar-refractivity contribution in [1.82, 2.24) is 0 Å². The Balaban J connectivity index is 1.99. The molecule has 0 aromatic carbocycles. The van der Waals surface area contributed by atoms with Gasteiger partial charge in [-0.15, -0.1) is 0 Å². The molecule has 8 heavy (non-hydrogen) atoms. The Morgan fingerprint density at radius 3 is 2.12 bits per heavy atom. The number of alkyl halides is 1. The predicted molar refractivity (Wildman–Crippen MR) is 30.3 cm³/mol. The van der Waals surface area contributed by atoms with E-state index in [9.17, 15) is 4.39 Å². The van der Waals surface area contributed by atoms with Crippen LogP contribution in [-0.2, 0) is 0 Å². The van der Waals surface area contributed by atoms with Crippen molar-refractivity contribution in [3.63, 3.8) is 0 Å². The first kappa shape index (κ1) is 4.78. The van der Waals surface area contributed by atoms with Crippen LogP contribution in [0, 0.1) is 11.3 Å². The van der Waals surface area contributed by atoms with Crippen LogP contribution in [0.4, 0.5) is 4.39 Å². The summed E-state index contributed by atoms with van der Waals surface area (Å²) in [4.78, 5) is 0. The van der Waals surface area contributed by atoms with E-state index in [1.807, 2.05) is 0 Å². The van der Waals surface area contributed by atoms with Crippen molar-refractivity contribution in [3.05, 3.63) is 0 Å². The summed E-state index contributed by atoms with van der Waals surface area (Å²) in [6.07, 6.45) is 2.98. The van der Waals surface area contributed by atoms with E-state index in [4.69, 9.17) is 0 Å². The molecule has 0 N–H and O–H groups in total. The van der Waals surface area contributed by atoms with Crippen LogP contribution in [0.2, 0.25) is 0 Å². The number of halogens is 1. The first-order chi connectivity index (χ1) is 3.72. The third-order valence-corrected chi connectivity index (χ3v) is 2.65. The van der Waals surface area contributed by atoms with E-state index in [0.29, 0.717) is 11.3 Å². The third kappa shape index (κ3) is 0.503. The molecular formula is C7H11F. The summed E-state index contributed by atoms with van der Waals surface area (Å²) in [7, 11) is 0. The van der Waals surface area contributed by atoms with Gasteiger partial charge < -0.3 is 0 Å². The van der Waals surface area contributed by atoms with E-state index in [1.54, 1.807) is 0 Å². The standard InChI is InChI=1S/C7H11F/c1-7(2-3-7)5-4-6(5)8/h5-6H,2-4H2,1H3. The maximum absolute atomic E-state index is 12.3. The topological polar surface area (TPSA) is 0 Å². The van der Waals surface area contributed by atoms with Crippen LogP contribution in [-0.4, -0.2) is 6.17 Å². The second kappa shape index (κ2) is 1.09. The van der Waals surface area contributed by atoms with Gasteiger partial charge in [-0.1, -0.05) is 6.92 Å². The quantitative estimate of drug-likeness (QED) is 0.490. The minimum absolute atomic E-state index is 0.428. The lowest BCUT2D eigenvalue weighted by Gasteiger charge is -2.01. The van der Waals surface area contributed by atoms with Crippen molar-refractivity contribution in [2.75, 3.05) is 0 Å². The molecule has 2 aliphatic carbocycles. The molecule has 2 saturated carbocycles. The highest BCUT2D eigenvalue weighted by Gasteiger charge is 2.56. The molecule has 0 aromatic heterocycles. The Morgan fingerprint density at radius 1 is 1.50 bits per heavy atom. The number of hydrogen-bond donors (Lipinski definition) is 0. The van der Waals surface area contributed by atoms with Gasteiger partial charge in [0, 0.05) is 0 Å². The van der Waals surface area contributed by atoms with Crippen LogP contribution in [0.3, 0.4) is 0 Å². The Morgan fingerprint density at radius 2 is 2.00 bits per heavy atom. The average molecular weight is 114 g/mol. The molecule has 1 heteroatoms. The molecular weight excluding hydrogens is 103 g/mol. The van der Waals surface area contributed by atoms with Gasteiger partial charge in [0.2, 0.25) is 0 Å². The zero-order chi connectivity index (χ0) is 5.78. The zero-order valence-corrected chi connectivity index (χ0v) is 5.15. The van der Waals surface area contributed by atoms with Crippen molar-refractivity contribution < 1.29 is 4.39 Å². The van der Waals surface area contributed by atoms with Crippen molar-refractivity contribution in [3.8, 4) is 0 Å². The van der Waals surface area contributed by atoms with Crippen LogP contribution in [0.25, 0.3) is 0 Å². The van der Waals surface area contributed by atoms with Gasteiger partial charge in [-0.2, -0.15) is 0 Å². The summed E-state index contributed by atoms with van der Waals surface area (Å²) in [5, 5.41) is 0. The van der Waals surface area contributed by atoms with Gasteiger partial charge in [-0.25, -0.2) is 4.39 Å². The monoisotopic (exact) mass is 114 g/mol. The molecule has 0 aromatic rings. The van der Waals surface area contributed by atoms with Gasteiger partial charge in [-0.05, 0) is 30.6 Å². The lowest BCUT2D eigenvalue weighted by molar-refractivity contribution is 0.375. The molecule has 0 spiro atoms. The average Bonchev–Trinajstić information content (AvgIpc) is 2.47. The first-order valence-electron chi connectivity index (χ1n) is 3.36. The Labute approximate surface area is 49.1 Å². The van der Waals surface area contributed by atoms with E-state index in [0.717, 1.165) is 6.42 Å². The lowest BCUT2D eigenvalue weighted by Crippen LogP contribution is -1.97. The fourth-order valence-corrected chi connectivity index (χ4v) is 1.45. The van der Waals surface area contributed by atoms with E-state index in [-0.39, 0.29) is 0 Å². The fraction of sp³-hybridized carbons (Fsp3) is 1.00. The summed E-state index contributed by atoms with van der Waals surface area (Å²) >= 11 is 0. The third-order valence-electron chi connectivity index (χ3n) is 2.65. The van der Waals surface area contributed by atoms with Gasteiger partial charge in [0.1, 0.15) is 6.17 Å². The molecule has 0 radical (unpaired) electrons. The Bertz CT molecular complexity index is 116. The molecule has 0 heterocycles. The van der Waals surface area contributed by atoms with Crippen LogP contribution in [0.1, 0.15) is 26.2 Å². The molecule has 2 unspecified atom stereocenters. The molecule has 2 rings (SSSR count). The summed E-state index contributed by atoms with van der Waals surface area (Å²) in [6, 6.07) is 0. The van der Waals surface area contributed by atoms with Gasteiger partial charge in [0.25, 0.3) is 0 Å². The molecule has 2 atom stereocenters. The van der Waals surface area contributed by atoms with Crippen LogP contribution < -0.4 is 0 Å². The summed E-state index contributed by atoms with van der Waals surface area (Å²) < 4.78 is 12.3. The minimum atomic E-state index is -0.428. The molecule has 2 fully saturated rings. The highest BCUT2D eigenvalue weighted by Crippen LogP contribution is 2.61. The smallest absolute Gasteiger partial charge is 0.104 e. The van der Waals surface area contributed by atoms with Gasteiger partial charge in [0.05, 0.1) is 0 Å². The first-order valence-corrected chi connectivity index (χ1v) is 3.36. The van der Waals surface area contributed by atoms with Gasteiger partial charge in [0.15, 0.2) is 0 Å². The van der Waals surface area contributed by atoms with Crippen molar-refractivity contribution in [2.24, 2.45) is 11.3 Å². The van der Waals surface area contributed by atoms with Crippen molar-refractivity contribution in [1.29, 1.82) is 0 Å². The SMILES string of the molecule is CC1(C2CC2F)CC1. The maximum Gasteiger partial charge on any atom is 0.104 e. The number of hydrogen-bond acceptors (Lipinski definition) is 0. The second-order valence-electron chi connectivity index (χ2n) is 3.51. The molecule has 46 valence electrons. The Hall–Kier alpha value is -0.0700. The Kier molecular flexibility index (Phi) is 0.653. The molecule has 0 nitrogen and oxygen atoms in total.